The zero-order valence-corrected chi connectivity index (χ0v) is 26.5. The van der Waals surface area contributed by atoms with E-state index in [1.54, 1.807) is 0 Å². The highest BCUT2D eigenvalue weighted by molar-refractivity contribution is 14.1. The van der Waals surface area contributed by atoms with Gasteiger partial charge in [0.25, 0.3) is 0 Å². The fourth-order valence-corrected chi connectivity index (χ4v) is 6.25. The summed E-state index contributed by atoms with van der Waals surface area (Å²) in [6.07, 6.45) is 4.10. The van der Waals surface area contributed by atoms with Gasteiger partial charge in [-0.25, -0.2) is 4.68 Å². The van der Waals surface area contributed by atoms with Crippen molar-refractivity contribution in [2.45, 2.75) is 58.7 Å². The second kappa shape index (κ2) is 11.0. The standard InChI is InChI=1S/C29H34Cl2IN7/c1-28(2,3)16-35-23-17(14-33-5)15-34-24-20(23)12-18(13-22(24)31)36-25(19-8-6-7-9-21(19)30)26-27(32)39(38-37-26)29(4)10-11-29/h6-9,12-13,15,25,33,36H,10-11,14,16H2,1-5H3,(H,34,35)/t25-/m0/s1. The van der Waals surface area contributed by atoms with Crippen LogP contribution in [0.25, 0.3) is 10.9 Å². The Morgan fingerprint density at radius 3 is 2.54 bits per heavy atom. The van der Waals surface area contributed by atoms with Gasteiger partial charge in [0, 0.05) is 46.6 Å². The van der Waals surface area contributed by atoms with Gasteiger partial charge >= 0.3 is 0 Å². The van der Waals surface area contributed by atoms with E-state index < -0.39 is 0 Å². The van der Waals surface area contributed by atoms with Gasteiger partial charge in [0.2, 0.25) is 0 Å². The van der Waals surface area contributed by atoms with Crippen LogP contribution < -0.4 is 16.0 Å². The van der Waals surface area contributed by atoms with Gasteiger partial charge in [-0.15, -0.1) is 5.10 Å². The SMILES string of the molecule is CNCc1cnc2c(Cl)cc(N[C@@H](c3ccccc3Cl)c3nnn(C4(C)CC4)c3I)cc2c1NCC(C)(C)C. The number of hydrogen-bond donors (Lipinski definition) is 3. The number of nitrogens with zero attached hydrogens (tertiary/aromatic N) is 4. The summed E-state index contributed by atoms with van der Waals surface area (Å²) >= 11 is 16.0. The normalized spacial score (nSPS) is 15.4. The third-order valence-corrected chi connectivity index (χ3v) is 8.73. The topological polar surface area (TPSA) is 79.7 Å². The van der Waals surface area contributed by atoms with E-state index in [1.807, 2.05) is 48.3 Å². The molecular weight excluding hydrogens is 644 g/mol. The van der Waals surface area contributed by atoms with Crippen molar-refractivity contribution >= 4 is 68.1 Å². The van der Waals surface area contributed by atoms with Crippen molar-refractivity contribution in [2.24, 2.45) is 5.41 Å². The van der Waals surface area contributed by atoms with Crippen LogP contribution in [0.5, 0.6) is 0 Å². The van der Waals surface area contributed by atoms with E-state index in [-0.39, 0.29) is 17.0 Å². The smallest absolute Gasteiger partial charge is 0.125 e. The fourth-order valence-electron chi connectivity index (χ4n) is 4.64. The van der Waals surface area contributed by atoms with Crippen molar-refractivity contribution in [3.63, 3.8) is 0 Å². The number of hydrogen-bond acceptors (Lipinski definition) is 6. The maximum Gasteiger partial charge on any atom is 0.125 e. The van der Waals surface area contributed by atoms with Crippen molar-refractivity contribution in [2.75, 3.05) is 24.2 Å². The number of benzene rings is 2. The molecule has 2 aromatic heterocycles. The van der Waals surface area contributed by atoms with E-state index in [4.69, 9.17) is 28.2 Å². The van der Waals surface area contributed by atoms with Crippen LogP contribution in [-0.2, 0) is 12.1 Å². The Hall–Kier alpha value is -2.14. The molecule has 0 saturated heterocycles. The Bertz CT molecular complexity index is 1510. The molecule has 206 valence electrons. The first-order valence-corrected chi connectivity index (χ1v) is 15.0. The van der Waals surface area contributed by atoms with Crippen LogP contribution >= 0.6 is 45.8 Å². The van der Waals surface area contributed by atoms with Crippen molar-refractivity contribution in [1.82, 2.24) is 25.3 Å². The molecule has 3 N–H and O–H groups in total. The van der Waals surface area contributed by atoms with E-state index in [2.05, 4.69) is 82.6 Å². The summed E-state index contributed by atoms with van der Waals surface area (Å²) in [5.41, 5.74) is 5.61. The molecule has 0 bridgehead atoms. The number of halogens is 3. The first-order valence-electron chi connectivity index (χ1n) is 13.1. The van der Waals surface area contributed by atoms with Crippen LogP contribution in [-0.4, -0.2) is 33.6 Å². The van der Waals surface area contributed by atoms with Gasteiger partial charge in [0.05, 0.1) is 16.1 Å². The van der Waals surface area contributed by atoms with Crippen molar-refractivity contribution in [3.8, 4) is 0 Å². The Morgan fingerprint density at radius 1 is 1.13 bits per heavy atom. The largest absolute Gasteiger partial charge is 0.384 e. The molecule has 4 aromatic rings. The Kier molecular flexibility index (Phi) is 8.03. The predicted molar refractivity (Wildman–Crippen MR) is 170 cm³/mol. The molecule has 2 heterocycles. The van der Waals surface area contributed by atoms with E-state index in [1.165, 1.54) is 0 Å². The molecule has 1 atom stereocenters. The average molecular weight is 678 g/mol. The monoisotopic (exact) mass is 677 g/mol. The molecule has 39 heavy (non-hydrogen) atoms. The van der Waals surface area contributed by atoms with Crippen LogP contribution in [0.15, 0.2) is 42.6 Å². The van der Waals surface area contributed by atoms with Crippen LogP contribution in [0.3, 0.4) is 0 Å². The number of anilines is 2. The van der Waals surface area contributed by atoms with Crippen LogP contribution in [0.1, 0.15) is 63.4 Å². The Morgan fingerprint density at radius 2 is 1.87 bits per heavy atom. The zero-order valence-electron chi connectivity index (χ0n) is 22.9. The lowest BCUT2D eigenvalue weighted by atomic mass is 9.96. The van der Waals surface area contributed by atoms with Crippen molar-refractivity contribution in [3.05, 3.63) is 73.2 Å². The second-order valence-corrected chi connectivity index (χ2v) is 13.6. The van der Waals surface area contributed by atoms with Gasteiger partial charge in [-0.1, -0.05) is 67.4 Å². The van der Waals surface area contributed by atoms with Gasteiger partial charge in [-0.2, -0.15) is 0 Å². The van der Waals surface area contributed by atoms with Gasteiger partial charge in [0.1, 0.15) is 15.4 Å². The highest BCUT2D eigenvalue weighted by Crippen LogP contribution is 2.45. The summed E-state index contributed by atoms with van der Waals surface area (Å²) < 4.78 is 3.05. The number of fused-ring (bicyclic) bond motifs is 1. The van der Waals surface area contributed by atoms with E-state index in [0.717, 1.165) is 62.2 Å². The van der Waals surface area contributed by atoms with Crippen molar-refractivity contribution in [1.29, 1.82) is 0 Å². The van der Waals surface area contributed by atoms with Gasteiger partial charge < -0.3 is 16.0 Å². The third-order valence-electron chi connectivity index (χ3n) is 7.09. The molecule has 1 fully saturated rings. The lowest BCUT2D eigenvalue weighted by molar-refractivity contribution is 0.443. The molecule has 0 aliphatic heterocycles. The van der Waals surface area contributed by atoms with Crippen molar-refractivity contribution < 1.29 is 0 Å². The lowest BCUT2D eigenvalue weighted by Crippen LogP contribution is -2.21. The molecule has 0 amide bonds. The van der Waals surface area contributed by atoms with Gasteiger partial charge in [-0.3, -0.25) is 4.98 Å². The summed E-state index contributed by atoms with van der Waals surface area (Å²) in [4.78, 5) is 4.72. The molecule has 5 rings (SSSR count). The molecule has 0 spiro atoms. The number of rotatable bonds is 9. The van der Waals surface area contributed by atoms with Gasteiger partial charge in [-0.05, 0) is 78.6 Å². The maximum atomic E-state index is 6.86. The molecule has 0 unspecified atom stereocenters. The molecule has 2 aromatic carbocycles. The minimum Gasteiger partial charge on any atom is -0.384 e. The number of nitrogens with one attached hydrogen (secondary N) is 3. The highest BCUT2D eigenvalue weighted by Gasteiger charge is 2.43. The van der Waals surface area contributed by atoms with Crippen LogP contribution in [0, 0.1) is 9.12 Å². The van der Waals surface area contributed by atoms with Crippen LogP contribution in [0.4, 0.5) is 11.4 Å². The predicted octanol–water partition coefficient (Wildman–Crippen LogP) is 7.63. The molecule has 0 radical (unpaired) electrons. The molecule has 1 saturated carbocycles. The molecular formula is C29H34Cl2IN7. The minimum absolute atomic E-state index is 0.0298. The van der Waals surface area contributed by atoms with E-state index in [9.17, 15) is 0 Å². The summed E-state index contributed by atoms with van der Waals surface area (Å²) in [7, 11) is 1.94. The quantitative estimate of drug-likeness (QED) is 0.158. The summed E-state index contributed by atoms with van der Waals surface area (Å²) in [5, 5.41) is 22.0. The third kappa shape index (κ3) is 5.99. The summed E-state index contributed by atoms with van der Waals surface area (Å²) in [6.45, 7) is 10.4. The zero-order chi connectivity index (χ0) is 27.9. The lowest BCUT2D eigenvalue weighted by Gasteiger charge is -2.24. The maximum absolute atomic E-state index is 6.86. The Balaban J connectivity index is 1.62. The summed E-state index contributed by atoms with van der Waals surface area (Å²) in [5.74, 6) is 0. The second-order valence-electron chi connectivity index (χ2n) is 11.7. The molecule has 1 aliphatic carbocycles. The van der Waals surface area contributed by atoms with Crippen LogP contribution in [0.2, 0.25) is 10.0 Å². The molecule has 1 aliphatic rings. The Labute approximate surface area is 253 Å². The number of pyridine rings is 1. The van der Waals surface area contributed by atoms with Gasteiger partial charge in [0.15, 0.2) is 0 Å². The molecule has 7 nitrogen and oxygen atoms in total. The molecule has 10 heteroatoms. The summed E-state index contributed by atoms with van der Waals surface area (Å²) in [6, 6.07) is 11.6. The number of aromatic nitrogens is 4. The average Bonchev–Trinajstić information content (AvgIpc) is 3.50. The first-order chi connectivity index (χ1) is 18.5. The van der Waals surface area contributed by atoms with E-state index in [0.29, 0.717) is 16.6 Å². The van der Waals surface area contributed by atoms with E-state index >= 15 is 0 Å². The highest BCUT2D eigenvalue weighted by atomic mass is 127. The first kappa shape index (κ1) is 28.4. The fraction of sp³-hybridized carbons (Fsp3) is 0.414. The minimum atomic E-state index is -0.324.